The maximum Gasteiger partial charge on any atom is 0.335 e. The Hall–Kier alpha value is -4.33. The number of phenols is 2. The third-order valence-corrected chi connectivity index (χ3v) is 10.6. The van der Waals surface area contributed by atoms with Crippen LogP contribution in [-0.2, 0) is 56.9 Å². The summed E-state index contributed by atoms with van der Waals surface area (Å²) < 4.78 is 0. The fourth-order valence-electron chi connectivity index (χ4n) is 6.96. The van der Waals surface area contributed by atoms with Gasteiger partial charge in [0.15, 0.2) is 0 Å². The normalized spacial score (nSPS) is 13.0. The van der Waals surface area contributed by atoms with E-state index < -0.39 is 33.7 Å². The van der Waals surface area contributed by atoms with Gasteiger partial charge in [-0.05, 0) is 107 Å². The van der Waals surface area contributed by atoms with Crippen LogP contribution in [-0.4, -0.2) is 50.4 Å². The molecule has 0 aliphatic heterocycles. The van der Waals surface area contributed by atoms with Crippen LogP contribution in [0.4, 0.5) is 9.59 Å². The Morgan fingerprint density at radius 3 is 1.09 bits per heavy atom. The van der Waals surface area contributed by atoms with Crippen LogP contribution in [0.2, 0.25) is 0 Å². The van der Waals surface area contributed by atoms with E-state index >= 15 is 0 Å². The van der Waals surface area contributed by atoms with Crippen LogP contribution in [0, 0.1) is 0 Å². The van der Waals surface area contributed by atoms with E-state index in [4.69, 9.17) is 0 Å². The number of rotatable bonds is 7. The van der Waals surface area contributed by atoms with Gasteiger partial charge in [-0.15, -0.1) is 0 Å². The van der Waals surface area contributed by atoms with Crippen molar-refractivity contribution in [2.24, 2.45) is 0 Å². The van der Waals surface area contributed by atoms with Crippen LogP contribution in [0.25, 0.3) is 0 Å². The third-order valence-electron chi connectivity index (χ3n) is 10.6. The number of amides is 5. The molecule has 5 amide bonds. The van der Waals surface area contributed by atoms with Crippen molar-refractivity contribution in [3.63, 3.8) is 0 Å². The highest BCUT2D eigenvalue weighted by molar-refractivity contribution is 5.97. The molecule has 0 aliphatic rings. The second-order valence-corrected chi connectivity index (χ2v) is 22.2. The van der Waals surface area contributed by atoms with E-state index in [1.807, 2.05) is 107 Å². The maximum absolute atomic E-state index is 14.8. The lowest BCUT2D eigenvalue weighted by atomic mass is 9.78. The van der Waals surface area contributed by atoms with Gasteiger partial charge in [0.25, 0.3) is 0 Å². The monoisotopic (exact) mass is 784 g/mol. The summed E-state index contributed by atoms with van der Waals surface area (Å²) in [6.45, 7) is 37.1. The van der Waals surface area contributed by atoms with Crippen LogP contribution < -0.4 is 0 Å². The van der Waals surface area contributed by atoms with Crippen molar-refractivity contribution in [3.05, 3.63) is 92.5 Å². The molecule has 0 saturated heterocycles. The highest BCUT2D eigenvalue weighted by Gasteiger charge is 2.34. The molecule has 0 unspecified atom stereocenters. The first-order valence-electron chi connectivity index (χ1n) is 20.2. The van der Waals surface area contributed by atoms with E-state index in [-0.39, 0.29) is 42.0 Å². The molecule has 0 heterocycles. The number of carbonyl (C=O) groups is 3. The van der Waals surface area contributed by atoms with Crippen molar-refractivity contribution < 1.29 is 24.6 Å². The van der Waals surface area contributed by atoms with E-state index in [2.05, 4.69) is 59.7 Å². The van der Waals surface area contributed by atoms with Crippen LogP contribution >= 0.6 is 0 Å². The minimum absolute atomic E-state index is 0.110. The second kappa shape index (κ2) is 16.1. The number of phenolic OH excluding ortho intramolecular Hbond substituents is 2. The van der Waals surface area contributed by atoms with Gasteiger partial charge in [-0.3, -0.25) is 9.69 Å². The summed E-state index contributed by atoms with van der Waals surface area (Å²) in [4.78, 5) is 46.2. The first kappa shape index (κ1) is 47.0. The minimum atomic E-state index is -0.772. The molecule has 8 heteroatoms. The lowest BCUT2D eigenvalue weighted by molar-refractivity contribution is -0.116. The van der Waals surface area contributed by atoms with Gasteiger partial charge in [0.2, 0.25) is 6.41 Å². The van der Waals surface area contributed by atoms with Crippen molar-refractivity contribution in [3.8, 4) is 11.5 Å². The van der Waals surface area contributed by atoms with Crippen LogP contribution in [0.3, 0.4) is 0 Å². The lowest BCUT2D eigenvalue weighted by Crippen LogP contribution is -2.49. The zero-order valence-corrected chi connectivity index (χ0v) is 38.7. The van der Waals surface area contributed by atoms with Crippen LogP contribution in [0.1, 0.15) is 175 Å². The van der Waals surface area contributed by atoms with E-state index in [1.165, 1.54) is 4.90 Å². The molecule has 3 aromatic rings. The summed E-state index contributed by atoms with van der Waals surface area (Å²) in [6, 6.07) is 12.5. The number of imide groups is 2. The second-order valence-electron chi connectivity index (χ2n) is 22.2. The van der Waals surface area contributed by atoms with Crippen molar-refractivity contribution >= 4 is 18.5 Å². The number of urea groups is 2. The largest absolute Gasteiger partial charge is 0.507 e. The molecule has 3 rings (SSSR count). The van der Waals surface area contributed by atoms with Gasteiger partial charge >= 0.3 is 12.1 Å². The summed E-state index contributed by atoms with van der Waals surface area (Å²) in [5, 5.41) is 22.9. The number of hydrogen-bond donors (Lipinski definition) is 2. The molecule has 0 saturated carbocycles. The Kier molecular flexibility index (Phi) is 13.3. The molecular formula is C49H73N3O5. The molecule has 0 aliphatic carbocycles. The van der Waals surface area contributed by atoms with E-state index in [1.54, 1.807) is 7.05 Å². The molecule has 0 atom stereocenters. The van der Waals surface area contributed by atoms with Crippen LogP contribution in [0.5, 0.6) is 11.5 Å². The quantitative estimate of drug-likeness (QED) is 0.232. The predicted molar refractivity (Wildman–Crippen MR) is 234 cm³/mol. The molecule has 0 aromatic heterocycles. The average molecular weight is 784 g/mol. The Labute approximate surface area is 344 Å². The summed E-state index contributed by atoms with van der Waals surface area (Å²) in [5.41, 5.74) is 5.37. The number of benzene rings is 3. The minimum Gasteiger partial charge on any atom is -0.507 e. The van der Waals surface area contributed by atoms with E-state index in [0.29, 0.717) is 39.8 Å². The molecule has 2 N–H and O–H groups in total. The Morgan fingerprint density at radius 1 is 0.474 bits per heavy atom. The molecule has 0 spiro atoms. The third kappa shape index (κ3) is 11.4. The number of nitrogens with zero attached hydrogens (tertiary/aromatic N) is 3. The van der Waals surface area contributed by atoms with Crippen molar-refractivity contribution in [1.29, 1.82) is 0 Å². The predicted octanol–water partition coefficient (Wildman–Crippen LogP) is 11.7. The molecular weight excluding hydrogens is 711 g/mol. The first-order chi connectivity index (χ1) is 25.6. The van der Waals surface area contributed by atoms with Crippen LogP contribution in [0.15, 0.2) is 42.5 Å². The van der Waals surface area contributed by atoms with Gasteiger partial charge in [0, 0.05) is 13.6 Å². The standard InChI is InChI=1S/C49H73N3O5/c1-44(2,3)34-20-31(21-35(26-34)45(4,5)6)27-50(19)42(56)52(29-33-24-38(48(13,14)15)41(55)39(25-33)49(16,17)18)43(57)51(30-53)28-32-22-36(46(7,8)9)40(54)37(23-32)47(10,11)12/h20-26,30,54-55H,27-29H2,1-19H3. The van der Waals surface area contributed by atoms with Gasteiger partial charge in [-0.25, -0.2) is 14.5 Å². The molecule has 0 fully saturated rings. The topological polar surface area (TPSA) is 101 Å². The zero-order chi connectivity index (χ0) is 44.0. The summed E-state index contributed by atoms with van der Waals surface area (Å²) in [6.07, 6.45) is 0.476. The SMILES string of the molecule is CN(Cc1cc(C(C)(C)C)cc(C(C)(C)C)c1)C(=O)N(Cc1cc(C(C)(C)C)c(O)c(C(C)(C)C)c1)C(=O)N(C=O)Cc1cc(C(C)(C)C)c(O)c(C(C)(C)C)c1. The first-order valence-corrected chi connectivity index (χ1v) is 20.2. The summed E-state index contributed by atoms with van der Waals surface area (Å²) in [5.74, 6) is 0.391. The molecule has 314 valence electrons. The van der Waals surface area contributed by atoms with Gasteiger partial charge in [-0.1, -0.05) is 143 Å². The Bertz CT molecular complexity index is 1870. The average Bonchev–Trinajstić information content (AvgIpc) is 3.03. The fourth-order valence-corrected chi connectivity index (χ4v) is 6.96. The van der Waals surface area contributed by atoms with Crippen molar-refractivity contribution in [1.82, 2.24) is 14.7 Å². The van der Waals surface area contributed by atoms with E-state index in [0.717, 1.165) is 26.5 Å². The Morgan fingerprint density at radius 2 is 0.789 bits per heavy atom. The lowest BCUT2D eigenvalue weighted by Gasteiger charge is -2.33. The van der Waals surface area contributed by atoms with Gasteiger partial charge in [0.05, 0.1) is 13.1 Å². The molecule has 8 nitrogen and oxygen atoms in total. The van der Waals surface area contributed by atoms with E-state index in [9.17, 15) is 24.6 Å². The highest BCUT2D eigenvalue weighted by atomic mass is 16.3. The number of carbonyl (C=O) groups excluding carboxylic acids is 3. The molecule has 3 aromatic carbocycles. The van der Waals surface area contributed by atoms with Crippen molar-refractivity contribution in [2.75, 3.05) is 7.05 Å². The van der Waals surface area contributed by atoms with Crippen molar-refractivity contribution in [2.45, 2.75) is 177 Å². The molecule has 57 heavy (non-hydrogen) atoms. The Balaban J connectivity index is 2.24. The van der Waals surface area contributed by atoms with Gasteiger partial charge < -0.3 is 15.1 Å². The van der Waals surface area contributed by atoms with Gasteiger partial charge in [0.1, 0.15) is 11.5 Å². The molecule has 0 radical (unpaired) electrons. The number of aromatic hydroxyl groups is 2. The summed E-state index contributed by atoms with van der Waals surface area (Å²) >= 11 is 0. The molecule has 0 bridgehead atoms. The summed E-state index contributed by atoms with van der Waals surface area (Å²) in [7, 11) is 1.68. The smallest absolute Gasteiger partial charge is 0.335 e. The zero-order valence-electron chi connectivity index (χ0n) is 38.7. The number of hydrogen-bond acceptors (Lipinski definition) is 5. The maximum atomic E-state index is 14.8. The van der Waals surface area contributed by atoms with Gasteiger partial charge in [-0.2, -0.15) is 0 Å². The fraction of sp³-hybridized carbons (Fsp3) is 0.571. The highest BCUT2D eigenvalue weighted by Crippen LogP contribution is 2.42.